The second-order valence-electron chi connectivity index (χ2n) is 6.97. The number of sulfonamides is 1. The van der Waals surface area contributed by atoms with Crippen LogP contribution in [-0.4, -0.2) is 58.5 Å². The SMILES string of the molecule is CN(CC(=O)Nc1ccccc1)C(=O)CCCNS(=O)(=O)c1ccc2c(c1)OCCO2. The van der Waals surface area contributed by atoms with Gasteiger partial charge < -0.3 is 19.7 Å². The number of carbonyl (C=O) groups excluding carboxylic acids is 2. The average molecular weight is 448 g/mol. The van der Waals surface area contributed by atoms with Crippen molar-refractivity contribution in [2.24, 2.45) is 0 Å². The Hall–Kier alpha value is -3.11. The van der Waals surface area contributed by atoms with Crippen LogP contribution in [0.4, 0.5) is 5.69 Å². The van der Waals surface area contributed by atoms with Gasteiger partial charge in [-0.25, -0.2) is 13.1 Å². The lowest BCUT2D eigenvalue weighted by Crippen LogP contribution is -2.35. The number of nitrogens with zero attached hydrogens (tertiary/aromatic N) is 1. The predicted molar refractivity (Wildman–Crippen MR) is 115 cm³/mol. The number of carbonyl (C=O) groups is 2. The van der Waals surface area contributed by atoms with Crippen molar-refractivity contribution in [2.45, 2.75) is 17.7 Å². The van der Waals surface area contributed by atoms with Gasteiger partial charge in [0.05, 0.1) is 11.4 Å². The third-order valence-corrected chi connectivity index (χ3v) is 6.01. The van der Waals surface area contributed by atoms with Crippen LogP contribution >= 0.6 is 0 Å². The molecule has 1 aliphatic heterocycles. The second kappa shape index (κ2) is 10.3. The molecule has 10 heteroatoms. The van der Waals surface area contributed by atoms with Crippen LogP contribution in [0.3, 0.4) is 0 Å². The second-order valence-corrected chi connectivity index (χ2v) is 8.74. The molecule has 2 aromatic carbocycles. The number of benzene rings is 2. The fourth-order valence-electron chi connectivity index (χ4n) is 2.94. The molecule has 3 rings (SSSR count). The molecule has 2 N–H and O–H groups in total. The van der Waals surface area contributed by atoms with E-state index in [1.54, 1.807) is 30.3 Å². The molecule has 0 saturated heterocycles. The standard InChI is InChI=1S/C21H25N3O6S/c1-24(15-20(25)23-16-6-3-2-4-7-16)21(26)8-5-11-22-31(27,28)17-9-10-18-19(14-17)30-13-12-29-18/h2-4,6-7,9-10,14,22H,5,8,11-13,15H2,1H3,(H,23,25). The fraction of sp³-hybridized carbons (Fsp3) is 0.333. The Balaban J connectivity index is 1.42. The largest absolute Gasteiger partial charge is 0.486 e. The Morgan fingerprint density at radius 1 is 1.03 bits per heavy atom. The molecular weight excluding hydrogens is 422 g/mol. The highest BCUT2D eigenvalue weighted by atomic mass is 32.2. The Kier molecular flexibility index (Phi) is 7.48. The zero-order valence-corrected chi connectivity index (χ0v) is 18.0. The van der Waals surface area contributed by atoms with E-state index in [-0.39, 0.29) is 36.2 Å². The van der Waals surface area contributed by atoms with Gasteiger partial charge in [-0.3, -0.25) is 9.59 Å². The summed E-state index contributed by atoms with van der Waals surface area (Å²) in [5.41, 5.74) is 0.655. The summed E-state index contributed by atoms with van der Waals surface area (Å²) in [6.45, 7) is 0.792. The number of amides is 2. The molecule has 31 heavy (non-hydrogen) atoms. The van der Waals surface area contributed by atoms with Crippen molar-refractivity contribution >= 4 is 27.5 Å². The van der Waals surface area contributed by atoms with Gasteiger partial charge in [-0.05, 0) is 30.7 Å². The van der Waals surface area contributed by atoms with Crippen LogP contribution in [-0.2, 0) is 19.6 Å². The van der Waals surface area contributed by atoms with Crippen LogP contribution in [0.5, 0.6) is 11.5 Å². The van der Waals surface area contributed by atoms with Gasteiger partial charge >= 0.3 is 0 Å². The van der Waals surface area contributed by atoms with Gasteiger partial charge in [-0.15, -0.1) is 0 Å². The fourth-order valence-corrected chi connectivity index (χ4v) is 4.03. The summed E-state index contributed by atoms with van der Waals surface area (Å²) < 4.78 is 38.2. The van der Waals surface area contributed by atoms with Gasteiger partial charge in [0.1, 0.15) is 13.2 Å². The van der Waals surface area contributed by atoms with Crippen molar-refractivity contribution in [1.82, 2.24) is 9.62 Å². The molecular formula is C21H25N3O6S. The maximum atomic E-state index is 12.5. The Bertz CT molecular complexity index is 1030. The molecule has 2 aromatic rings. The van der Waals surface area contributed by atoms with Crippen LogP contribution in [0.15, 0.2) is 53.4 Å². The first-order chi connectivity index (χ1) is 14.8. The van der Waals surface area contributed by atoms with Gasteiger partial charge in [0.2, 0.25) is 21.8 Å². The van der Waals surface area contributed by atoms with E-state index in [0.717, 1.165) is 0 Å². The lowest BCUT2D eigenvalue weighted by atomic mass is 10.3. The summed E-state index contributed by atoms with van der Waals surface area (Å²) in [5, 5.41) is 2.71. The number of rotatable bonds is 9. The smallest absolute Gasteiger partial charge is 0.243 e. The number of para-hydroxylation sites is 1. The summed E-state index contributed by atoms with van der Waals surface area (Å²) in [5.74, 6) is 0.345. The summed E-state index contributed by atoms with van der Waals surface area (Å²) in [6, 6.07) is 13.4. The van der Waals surface area contributed by atoms with Crippen LogP contribution in [0.25, 0.3) is 0 Å². The minimum absolute atomic E-state index is 0.0674. The number of fused-ring (bicyclic) bond motifs is 1. The van der Waals surface area contributed by atoms with Crippen molar-refractivity contribution < 1.29 is 27.5 Å². The molecule has 0 aliphatic carbocycles. The normalized spacial score (nSPS) is 12.8. The highest BCUT2D eigenvalue weighted by Gasteiger charge is 2.19. The van der Waals surface area contributed by atoms with Gasteiger partial charge in [0.15, 0.2) is 11.5 Å². The average Bonchev–Trinajstić information content (AvgIpc) is 2.76. The van der Waals surface area contributed by atoms with Gasteiger partial charge in [-0.1, -0.05) is 18.2 Å². The molecule has 0 fully saturated rings. The van der Waals surface area contributed by atoms with Crippen LogP contribution < -0.4 is 19.5 Å². The van der Waals surface area contributed by atoms with Crippen LogP contribution in [0.2, 0.25) is 0 Å². The predicted octanol–water partition coefficient (Wildman–Crippen LogP) is 1.61. The Labute approximate surface area is 181 Å². The van der Waals surface area contributed by atoms with Gasteiger partial charge in [0.25, 0.3) is 0 Å². The van der Waals surface area contributed by atoms with E-state index in [1.807, 2.05) is 6.07 Å². The zero-order chi connectivity index (χ0) is 22.3. The van der Waals surface area contributed by atoms with Crippen molar-refractivity contribution in [3.63, 3.8) is 0 Å². The number of anilines is 1. The first-order valence-corrected chi connectivity index (χ1v) is 11.3. The minimum atomic E-state index is -3.74. The topological polar surface area (TPSA) is 114 Å². The van der Waals surface area contributed by atoms with Crippen LogP contribution in [0.1, 0.15) is 12.8 Å². The van der Waals surface area contributed by atoms with Gasteiger partial charge in [0, 0.05) is 31.8 Å². The van der Waals surface area contributed by atoms with Crippen molar-refractivity contribution in [1.29, 1.82) is 0 Å². The molecule has 0 bridgehead atoms. The van der Waals surface area contributed by atoms with Crippen molar-refractivity contribution in [2.75, 3.05) is 38.7 Å². The van der Waals surface area contributed by atoms with E-state index in [0.29, 0.717) is 36.8 Å². The molecule has 0 saturated carbocycles. The highest BCUT2D eigenvalue weighted by molar-refractivity contribution is 7.89. The number of ether oxygens (including phenoxy) is 2. The van der Waals surface area contributed by atoms with E-state index in [9.17, 15) is 18.0 Å². The third-order valence-electron chi connectivity index (χ3n) is 4.55. The Morgan fingerprint density at radius 2 is 1.74 bits per heavy atom. The summed E-state index contributed by atoms with van der Waals surface area (Å²) in [6.07, 6.45) is 0.409. The number of nitrogens with one attached hydrogen (secondary N) is 2. The quantitative estimate of drug-likeness (QED) is 0.565. The molecule has 2 amide bonds. The number of hydrogen-bond donors (Lipinski definition) is 2. The molecule has 1 heterocycles. The van der Waals surface area contributed by atoms with E-state index in [1.165, 1.54) is 24.1 Å². The summed E-state index contributed by atoms with van der Waals surface area (Å²) >= 11 is 0. The summed E-state index contributed by atoms with van der Waals surface area (Å²) in [4.78, 5) is 25.6. The van der Waals surface area contributed by atoms with Crippen LogP contribution in [0, 0.1) is 0 Å². The van der Waals surface area contributed by atoms with E-state index >= 15 is 0 Å². The van der Waals surface area contributed by atoms with E-state index < -0.39 is 10.0 Å². The molecule has 0 unspecified atom stereocenters. The number of likely N-dealkylation sites (N-methyl/N-ethyl adjacent to an activating group) is 1. The number of hydrogen-bond acceptors (Lipinski definition) is 6. The lowest BCUT2D eigenvalue weighted by Gasteiger charge is -2.19. The molecule has 0 atom stereocenters. The maximum Gasteiger partial charge on any atom is 0.243 e. The minimum Gasteiger partial charge on any atom is -0.486 e. The van der Waals surface area contributed by atoms with E-state index in [2.05, 4.69) is 10.0 Å². The maximum absolute atomic E-state index is 12.5. The molecule has 9 nitrogen and oxygen atoms in total. The molecule has 1 aliphatic rings. The molecule has 0 aromatic heterocycles. The lowest BCUT2D eigenvalue weighted by molar-refractivity contribution is -0.133. The third kappa shape index (κ3) is 6.43. The summed E-state index contributed by atoms with van der Waals surface area (Å²) in [7, 11) is -2.21. The Morgan fingerprint density at radius 3 is 2.48 bits per heavy atom. The van der Waals surface area contributed by atoms with Crippen molar-refractivity contribution in [3.05, 3.63) is 48.5 Å². The first kappa shape index (κ1) is 22.6. The van der Waals surface area contributed by atoms with E-state index in [4.69, 9.17) is 9.47 Å². The first-order valence-electron chi connectivity index (χ1n) is 9.83. The zero-order valence-electron chi connectivity index (χ0n) is 17.2. The van der Waals surface area contributed by atoms with Gasteiger partial charge in [-0.2, -0.15) is 0 Å². The van der Waals surface area contributed by atoms with Crippen molar-refractivity contribution in [3.8, 4) is 11.5 Å². The molecule has 166 valence electrons. The molecule has 0 radical (unpaired) electrons. The monoisotopic (exact) mass is 447 g/mol. The highest BCUT2D eigenvalue weighted by Crippen LogP contribution is 2.32. The molecule has 0 spiro atoms.